The minimum atomic E-state index is 0.262. The molecule has 23 heavy (non-hydrogen) atoms. The van der Waals surface area contributed by atoms with Crippen LogP contribution in [0, 0.1) is 0 Å². The predicted molar refractivity (Wildman–Crippen MR) is 87.2 cm³/mol. The minimum absolute atomic E-state index is 0.262. The third-order valence-electron chi connectivity index (χ3n) is 3.85. The van der Waals surface area contributed by atoms with E-state index >= 15 is 0 Å². The van der Waals surface area contributed by atoms with E-state index in [0.717, 1.165) is 54.8 Å². The number of aromatic nitrogens is 4. The summed E-state index contributed by atoms with van der Waals surface area (Å²) in [6, 6.07) is 2.00. The van der Waals surface area contributed by atoms with Gasteiger partial charge in [0.15, 0.2) is 5.16 Å². The van der Waals surface area contributed by atoms with E-state index < -0.39 is 0 Å². The van der Waals surface area contributed by atoms with Crippen molar-refractivity contribution in [3.63, 3.8) is 0 Å². The molecule has 7 nitrogen and oxygen atoms in total. The summed E-state index contributed by atoms with van der Waals surface area (Å²) < 4.78 is 13.3. The van der Waals surface area contributed by atoms with Crippen molar-refractivity contribution >= 4 is 11.8 Å². The summed E-state index contributed by atoms with van der Waals surface area (Å²) in [5.41, 5.74) is 0.984. The van der Waals surface area contributed by atoms with Crippen LogP contribution in [0.1, 0.15) is 37.0 Å². The molecule has 0 bridgehead atoms. The van der Waals surface area contributed by atoms with Crippen LogP contribution in [0.3, 0.4) is 0 Å². The number of thioether (sulfide) groups is 1. The monoisotopic (exact) mass is 337 g/mol. The first-order chi connectivity index (χ1) is 11.3. The molecule has 0 radical (unpaired) electrons. The van der Waals surface area contributed by atoms with E-state index in [1.807, 2.05) is 13.1 Å². The topological polar surface area (TPSA) is 78.0 Å². The van der Waals surface area contributed by atoms with Crippen LogP contribution in [0.4, 0.5) is 0 Å². The van der Waals surface area contributed by atoms with Gasteiger partial charge in [0, 0.05) is 12.7 Å². The molecule has 3 heterocycles. The first-order valence-corrected chi connectivity index (χ1v) is 9.04. The molecule has 1 unspecified atom stereocenters. The highest BCUT2D eigenvalue weighted by Crippen LogP contribution is 2.24. The van der Waals surface area contributed by atoms with Crippen LogP contribution in [-0.2, 0) is 30.0 Å². The molecule has 1 aliphatic rings. The molecular weight excluding hydrogens is 314 g/mol. The molecule has 2 aromatic rings. The van der Waals surface area contributed by atoms with E-state index in [2.05, 4.69) is 32.2 Å². The molecule has 0 aromatic carbocycles. The Morgan fingerprint density at radius 1 is 1.43 bits per heavy atom. The lowest BCUT2D eigenvalue weighted by molar-refractivity contribution is 0.0941. The van der Waals surface area contributed by atoms with E-state index in [4.69, 9.17) is 9.26 Å². The Labute approximate surface area is 140 Å². The van der Waals surface area contributed by atoms with E-state index in [1.54, 1.807) is 11.8 Å². The van der Waals surface area contributed by atoms with Crippen LogP contribution in [-0.4, -0.2) is 39.7 Å². The van der Waals surface area contributed by atoms with Crippen LogP contribution in [0.15, 0.2) is 15.7 Å². The first kappa shape index (κ1) is 16.5. The Hall–Kier alpha value is -1.38. The molecule has 0 aliphatic carbocycles. The molecule has 126 valence electrons. The van der Waals surface area contributed by atoms with E-state index in [1.165, 1.54) is 0 Å². The second kappa shape index (κ2) is 7.94. The molecule has 8 heteroatoms. The maximum absolute atomic E-state index is 5.76. The van der Waals surface area contributed by atoms with Gasteiger partial charge in [0.2, 0.25) is 0 Å². The van der Waals surface area contributed by atoms with Gasteiger partial charge in [0.05, 0.1) is 30.6 Å². The lowest BCUT2D eigenvalue weighted by atomic mass is 10.2. The largest absolute Gasteiger partial charge is 0.376 e. The number of nitrogens with zero attached hydrogens (tertiary/aromatic N) is 4. The van der Waals surface area contributed by atoms with Crippen molar-refractivity contribution in [3.8, 4) is 0 Å². The third kappa shape index (κ3) is 4.13. The Kier molecular flexibility index (Phi) is 5.69. The molecule has 1 aliphatic heterocycles. The van der Waals surface area contributed by atoms with Gasteiger partial charge in [-0.05, 0) is 26.3 Å². The summed E-state index contributed by atoms with van der Waals surface area (Å²) in [7, 11) is 1.92. The molecular formula is C15H23N5O2S. The van der Waals surface area contributed by atoms with Gasteiger partial charge in [-0.1, -0.05) is 23.8 Å². The van der Waals surface area contributed by atoms with Crippen LogP contribution in [0.25, 0.3) is 0 Å². The summed E-state index contributed by atoms with van der Waals surface area (Å²) in [5.74, 6) is 2.52. The second-order valence-electron chi connectivity index (χ2n) is 5.60. The summed E-state index contributed by atoms with van der Waals surface area (Å²) in [6.45, 7) is 4.43. The lowest BCUT2D eigenvalue weighted by Crippen LogP contribution is -2.20. The van der Waals surface area contributed by atoms with Crippen LogP contribution in [0.2, 0.25) is 0 Å². The van der Waals surface area contributed by atoms with Crippen LogP contribution >= 0.6 is 11.8 Å². The van der Waals surface area contributed by atoms with Crippen molar-refractivity contribution in [2.24, 2.45) is 0 Å². The molecule has 1 saturated heterocycles. The standard InChI is InChI=1S/C15H23N5O2S/c1-3-11-7-13(22-19-11)10-23-15-18-17-14(8-16-2)20(15)9-12-5-4-6-21-12/h7,12,16H,3-6,8-10H2,1-2H3. The fourth-order valence-electron chi connectivity index (χ4n) is 2.62. The SMILES string of the molecule is CCc1cc(CSc2nnc(CNC)n2CC2CCCO2)on1. The molecule has 1 N–H and O–H groups in total. The zero-order valence-corrected chi connectivity index (χ0v) is 14.4. The van der Waals surface area contributed by atoms with Crippen molar-refractivity contribution in [1.82, 2.24) is 25.2 Å². The van der Waals surface area contributed by atoms with Gasteiger partial charge in [-0.25, -0.2) is 0 Å². The maximum atomic E-state index is 5.76. The minimum Gasteiger partial charge on any atom is -0.376 e. The average molecular weight is 337 g/mol. The van der Waals surface area contributed by atoms with Crippen LogP contribution < -0.4 is 5.32 Å². The molecule has 0 saturated carbocycles. The highest BCUT2D eigenvalue weighted by molar-refractivity contribution is 7.98. The summed E-state index contributed by atoms with van der Waals surface area (Å²) in [5, 5.41) is 16.7. The molecule has 2 aromatic heterocycles. The third-order valence-corrected chi connectivity index (χ3v) is 4.84. The number of rotatable bonds is 8. The number of hydrogen-bond donors (Lipinski definition) is 1. The quantitative estimate of drug-likeness (QED) is 0.738. The Morgan fingerprint density at radius 2 is 2.35 bits per heavy atom. The van der Waals surface area contributed by atoms with Gasteiger partial charge in [-0.3, -0.25) is 0 Å². The van der Waals surface area contributed by atoms with Crippen molar-refractivity contribution in [3.05, 3.63) is 23.3 Å². The van der Waals surface area contributed by atoms with Crippen molar-refractivity contribution in [2.45, 2.75) is 56.3 Å². The molecule has 0 amide bonds. The predicted octanol–water partition coefficient (Wildman–Crippen LogP) is 2.02. The van der Waals surface area contributed by atoms with Crippen molar-refractivity contribution in [2.75, 3.05) is 13.7 Å². The summed E-state index contributed by atoms with van der Waals surface area (Å²) in [6.07, 6.45) is 3.38. The zero-order chi connectivity index (χ0) is 16.1. The smallest absolute Gasteiger partial charge is 0.191 e. The zero-order valence-electron chi connectivity index (χ0n) is 13.6. The van der Waals surface area contributed by atoms with Gasteiger partial charge in [0.25, 0.3) is 0 Å². The van der Waals surface area contributed by atoms with E-state index in [9.17, 15) is 0 Å². The highest BCUT2D eigenvalue weighted by Gasteiger charge is 2.21. The molecule has 1 atom stereocenters. The number of aryl methyl sites for hydroxylation is 1. The van der Waals surface area contributed by atoms with Gasteiger partial charge in [0.1, 0.15) is 11.6 Å². The molecule has 1 fully saturated rings. The fraction of sp³-hybridized carbons (Fsp3) is 0.667. The summed E-state index contributed by atoms with van der Waals surface area (Å²) in [4.78, 5) is 0. The summed E-state index contributed by atoms with van der Waals surface area (Å²) >= 11 is 1.63. The normalized spacial score (nSPS) is 17.9. The van der Waals surface area contributed by atoms with Gasteiger partial charge < -0.3 is 19.1 Å². The maximum Gasteiger partial charge on any atom is 0.191 e. The first-order valence-electron chi connectivity index (χ1n) is 8.05. The number of hydrogen-bond acceptors (Lipinski definition) is 7. The lowest BCUT2D eigenvalue weighted by Gasteiger charge is -2.14. The second-order valence-corrected chi connectivity index (χ2v) is 6.54. The number of ether oxygens (including phenoxy) is 1. The van der Waals surface area contributed by atoms with E-state index in [-0.39, 0.29) is 6.10 Å². The average Bonchev–Trinajstić information content (AvgIpc) is 3.29. The fourth-order valence-corrected chi connectivity index (χ4v) is 3.46. The Balaban J connectivity index is 1.69. The van der Waals surface area contributed by atoms with Crippen LogP contribution in [0.5, 0.6) is 0 Å². The molecule has 3 rings (SSSR count). The van der Waals surface area contributed by atoms with Gasteiger partial charge in [-0.15, -0.1) is 10.2 Å². The molecule has 0 spiro atoms. The Morgan fingerprint density at radius 3 is 3.04 bits per heavy atom. The van der Waals surface area contributed by atoms with Gasteiger partial charge in [-0.2, -0.15) is 0 Å². The number of nitrogens with one attached hydrogen (secondary N) is 1. The Bertz CT molecular complexity index is 621. The van der Waals surface area contributed by atoms with E-state index in [0.29, 0.717) is 12.3 Å². The van der Waals surface area contributed by atoms with Crippen molar-refractivity contribution < 1.29 is 9.26 Å². The van der Waals surface area contributed by atoms with Crippen molar-refractivity contribution in [1.29, 1.82) is 0 Å². The van der Waals surface area contributed by atoms with Gasteiger partial charge >= 0.3 is 0 Å². The highest BCUT2D eigenvalue weighted by atomic mass is 32.2.